The molecule has 0 radical (unpaired) electrons. The molecule has 1 aromatic carbocycles. The molecule has 26 heavy (non-hydrogen) atoms. The summed E-state index contributed by atoms with van der Waals surface area (Å²) in [5.41, 5.74) is 0.899. The van der Waals surface area contributed by atoms with Crippen LogP contribution >= 0.6 is 0 Å². The summed E-state index contributed by atoms with van der Waals surface area (Å²) in [4.78, 5) is 13.5. The maximum absolute atomic E-state index is 10.3. The molecule has 0 unspecified atom stereocenters. The fourth-order valence-electron chi connectivity index (χ4n) is 3.29. The van der Waals surface area contributed by atoms with Gasteiger partial charge in [-0.25, -0.2) is 9.97 Å². The van der Waals surface area contributed by atoms with Crippen LogP contribution in [0.4, 0.5) is 11.6 Å². The van der Waals surface area contributed by atoms with Crippen molar-refractivity contribution in [1.29, 1.82) is 0 Å². The van der Waals surface area contributed by atoms with Crippen molar-refractivity contribution in [2.45, 2.75) is 20.0 Å². The Bertz CT molecular complexity index is 671. The van der Waals surface area contributed by atoms with Gasteiger partial charge in [0, 0.05) is 45.3 Å². The summed E-state index contributed by atoms with van der Waals surface area (Å²) in [7, 11) is 0. The van der Waals surface area contributed by atoms with Crippen LogP contribution in [0, 0.1) is 5.92 Å². The standard InChI is InChI=1S/C20H29N5O/c1-16(2)14-24-8-10-25(11-9-24)20-12-19(22-15-23-20)21-13-18(26)17-6-4-3-5-7-17/h3-7,12,15-16,18,26H,8-11,13-14H2,1-2H3,(H,21,22,23)/t18-/m0/s1. The Kier molecular flexibility index (Phi) is 6.41. The van der Waals surface area contributed by atoms with E-state index < -0.39 is 6.10 Å². The van der Waals surface area contributed by atoms with E-state index in [9.17, 15) is 5.11 Å². The molecular weight excluding hydrogens is 326 g/mol. The van der Waals surface area contributed by atoms with Gasteiger partial charge >= 0.3 is 0 Å². The molecular formula is C20H29N5O. The predicted molar refractivity (Wildman–Crippen MR) is 105 cm³/mol. The third-order valence-electron chi connectivity index (χ3n) is 4.63. The Morgan fingerprint density at radius 2 is 1.81 bits per heavy atom. The van der Waals surface area contributed by atoms with E-state index in [1.807, 2.05) is 36.4 Å². The normalized spacial score (nSPS) is 16.7. The van der Waals surface area contributed by atoms with Crippen molar-refractivity contribution in [1.82, 2.24) is 14.9 Å². The predicted octanol–water partition coefficient (Wildman–Crippen LogP) is 2.40. The molecule has 1 atom stereocenters. The van der Waals surface area contributed by atoms with Crippen molar-refractivity contribution in [3.63, 3.8) is 0 Å². The van der Waals surface area contributed by atoms with Crippen molar-refractivity contribution in [3.8, 4) is 0 Å². The smallest absolute Gasteiger partial charge is 0.134 e. The number of nitrogens with one attached hydrogen (secondary N) is 1. The van der Waals surface area contributed by atoms with Crippen molar-refractivity contribution >= 4 is 11.6 Å². The number of aliphatic hydroxyl groups excluding tert-OH is 1. The molecule has 0 amide bonds. The highest BCUT2D eigenvalue weighted by Crippen LogP contribution is 2.18. The van der Waals surface area contributed by atoms with Crippen molar-refractivity contribution in [2.75, 3.05) is 49.5 Å². The van der Waals surface area contributed by atoms with Gasteiger partial charge in [0.1, 0.15) is 18.0 Å². The van der Waals surface area contributed by atoms with E-state index in [-0.39, 0.29) is 0 Å². The highest BCUT2D eigenvalue weighted by atomic mass is 16.3. The Balaban J connectivity index is 1.54. The molecule has 1 aliphatic heterocycles. The second kappa shape index (κ2) is 8.96. The van der Waals surface area contributed by atoms with Crippen molar-refractivity contribution in [3.05, 3.63) is 48.3 Å². The van der Waals surface area contributed by atoms with Crippen molar-refractivity contribution in [2.24, 2.45) is 5.92 Å². The summed E-state index contributed by atoms with van der Waals surface area (Å²) >= 11 is 0. The van der Waals surface area contributed by atoms with Gasteiger partial charge in [0.05, 0.1) is 6.10 Å². The molecule has 2 aromatic rings. The van der Waals surface area contributed by atoms with Gasteiger partial charge in [-0.15, -0.1) is 0 Å². The number of hydrogen-bond acceptors (Lipinski definition) is 6. The third-order valence-corrected chi connectivity index (χ3v) is 4.63. The van der Waals surface area contributed by atoms with E-state index in [2.05, 4.69) is 38.9 Å². The summed E-state index contributed by atoms with van der Waals surface area (Å²) in [6, 6.07) is 11.6. The van der Waals surface area contributed by atoms with Crippen LogP contribution in [0.3, 0.4) is 0 Å². The highest BCUT2D eigenvalue weighted by molar-refractivity contribution is 5.49. The van der Waals surface area contributed by atoms with E-state index >= 15 is 0 Å². The molecule has 1 aliphatic rings. The number of piperazine rings is 1. The number of nitrogens with zero attached hydrogens (tertiary/aromatic N) is 4. The average Bonchev–Trinajstić information content (AvgIpc) is 2.67. The largest absolute Gasteiger partial charge is 0.387 e. The first-order valence-electron chi connectivity index (χ1n) is 9.38. The summed E-state index contributed by atoms with van der Waals surface area (Å²) in [5, 5.41) is 13.5. The molecule has 2 heterocycles. The second-order valence-corrected chi connectivity index (χ2v) is 7.25. The second-order valence-electron chi connectivity index (χ2n) is 7.25. The maximum Gasteiger partial charge on any atom is 0.134 e. The van der Waals surface area contributed by atoms with Gasteiger partial charge < -0.3 is 15.3 Å². The van der Waals surface area contributed by atoms with E-state index in [0.717, 1.165) is 49.9 Å². The minimum Gasteiger partial charge on any atom is -0.387 e. The maximum atomic E-state index is 10.3. The molecule has 3 rings (SSSR count). The fourth-order valence-corrected chi connectivity index (χ4v) is 3.29. The number of aliphatic hydroxyl groups is 1. The van der Waals surface area contributed by atoms with Gasteiger partial charge in [0.2, 0.25) is 0 Å². The molecule has 6 nitrogen and oxygen atoms in total. The van der Waals surface area contributed by atoms with Gasteiger partial charge in [-0.3, -0.25) is 4.90 Å². The number of benzene rings is 1. The van der Waals surface area contributed by atoms with Crippen LogP contribution in [0.5, 0.6) is 0 Å². The van der Waals surface area contributed by atoms with Crippen molar-refractivity contribution < 1.29 is 5.11 Å². The third kappa shape index (κ3) is 5.16. The zero-order valence-electron chi connectivity index (χ0n) is 15.7. The molecule has 6 heteroatoms. The van der Waals surface area contributed by atoms with Gasteiger partial charge in [0.15, 0.2) is 0 Å². The van der Waals surface area contributed by atoms with E-state index in [1.165, 1.54) is 0 Å². The molecule has 140 valence electrons. The van der Waals surface area contributed by atoms with E-state index in [0.29, 0.717) is 12.5 Å². The van der Waals surface area contributed by atoms with Crippen LogP contribution < -0.4 is 10.2 Å². The molecule has 0 spiro atoms. The van der Waals surface area contributed by atoms with Crippen LogP contribution in [-0.2, 0) is 0 Å². The number of anilines is 2. The van der Waals surface area contributed by atoms with Crippen LogP contribution in [0.2, 0.25) is 0 Å². The molecule has 1 saturated heterocycles. The molecule has 1 fully saturated rings. The first kappa shape index (κ1) is 18.6. The van der Waals surface area contributed by atoms with Crippen LogP contribution in [0.15, 0.2) is 42.7 Å². The lowest BCUT2D eigenvalue weighted by atomic mass is 10.1. The summed E-state index contributed by atoms with van der Waals surface area (Å²) in [6.07, 6.45) is 1.03. The van der Waals surface area contributed by atoms with E-state index in [4.69, 9.17) is 0 Å². The Morgan fingerprint density at radius 3 is 2.50 bits per heavy atom. The Morgan fingerprint density at radius 1 is 1.08 bits per heavy atom. The highest BCUT2D eigenvalue weighted by Gasteiger charge is 2.19. The fraction of sp³-hybridized carbons (Fsp3) is 0.500. The van der Waals surface area contributed by atoms with Gasteiger partial charge in [-0.1, -0.05) is 44.2 Å². The molecule has 0 aliphatic carbocycles. The van der Waals surface area contributed by atoms with Crippen LogP contribution in [0.25, 0.3) is 0 Å². The summed E-state index contributed by atoms with van der Waals surface area (Å²) < 4.78 is 0. The first-order chi connectivity index (χ1) is 12.6. The number of aromatic nitrogens is 2. The molecule has 0 bridgehead atoms. The van der Waals surface area contributed by atoms with Gasteiger partial charge in [0.25, 0.3) is 0 Å². The van der Waals surface area contributed by atoms with Gasteiger partial charge in [-0.05, 0) is 11.5 Å². The van der Waals surface area contributed by atoms with Crippen LogP contribution in [-0.4, -0.2) is 59.2 Å². The Labute approximate surface area is 155 Å². The minimum atomic E-state index is -0.561. The quantitative estimate of drug-likeness (QED) is 0.795. The van der Waals surface area contributed by atoms with Gasteiger partial charge in [-0.2, -0.15) is 0 Å². The zero-order valence-corrected chi connectivity index (χ0v) is 15.7. The lowest BCUT2D eigenvalue weighted by Crippen LogP contribution is -2.47. The minimum absolute atomic E-state index is 0.419. The lowest BCUT2D eigenvalue weighted by Gasteiger charge is -2.36. The van der Waals surface area contributed by atoms with Crippen LogP contribution in [0.1, 0.15) is 25.5 Å². The summed E-state index contributed by atoms with van der Waals surface area (Å²) in [6.45, 7) is 10.2. The Hall–Kier alpha value is -2.18. The summed E-state index contributed by atoms with van der Waals surface area (Å²) in [5.74, 6) is 2.39. The molecule has 0 saturated carbocycles. The lowest BCUT2D eigenvalue weighted by molar-refractivity contribution is 0.191. The zero-order chi connectivity index (χ0) is 18.4. The average molecular weight is 355 g/mol. The first-order valence-corrected chi connectivity index (χ1v) is 9.38. The number of hydrogen-bond donors (Lipinski definition) is 2. The topological polar surface area (TPSA) is 64.5 Å². The molecule has 2 N–H and O–H groups in total. The SMILES string of the molecule is CC(C)CN1CCN(c2cc(NC[C@H](O)c3ccccc3)ncn2)CC1. The van der Waals surface area contributed by atoms with E-state index in [1.54, 1.807) is 6.33 Å². The molecule has 1 aromatic heterocycles. The number of rotatable bonds is 7. The monoisotopic (exact) mass is 355 g/mol.